The Labute approximate surface area is 77.2 Å². The molecule has 0 amide bonds. The second kappa shape index (κ2) is 5.12. The highest BCUT2D eigenvalue weighted by molar-refractivity contribution is 5.17. The van der Waals surface area contributed by atoms with Crippen LogP contribution in [0.1, 0.15) is 5.56 Å². The minimum Gasteiger partial charge on any atom is -0.481 e. The Morgan fingerprint density at radius 3 is 3.00 bits per heavy atom. The van der Waals surface area contributed by atoms with Crippen LogP contribution in [0.15, 0.2) is 18.3 Å². The average molecular weight is 177 g/mol. The van der Waals surface area contributed by atoms with Crippen molar-refractivity contribution < 1.29 is 4.74 Å². The van der Waals surface area contributed by atoms with Crippen molar-refractivity contribution >= 4 is 0 Å². The van der Waals surface area contributed by atoms with Gasteiger partial charge in [0.2, 0.25) is 5.88 Å². The topological polar surface area (TPSA) is 57.9 Å². The van der Waals surface area contributed by atoms with Gasteiger partial charge >= 0.3 is 0 Å². The van der Waals surface area contributed by atoms with E-state index in [0.29, 0.717) is 19.0 Å². The van der Waals surface area contributed by atoms with Gasteiger partial charge in [-0.1, -0.05) is 6.07 Å². The maximum Gasteiger partial charge on any atom is 0.212 e. The number of nitrogens with zero attached hydrogens (tertiary/aromatic N) is 2. The zero-order valence-corrected chi connectivity index (χ0v) is 7.45. The van der Waals surface area contributed by atoms with Gasteiger partial charge in [0.25, 0.3) is 0 Å². The molecule has 0 radical (unpaired) electrons. The molecule has 1 rings (SSSR count). The lowest BCUT2D eigenvalue weighted by molar-refractivity contribution is 0.397. The number of ether oxygens (including phenoxy) is 1. The SMILES string of the molecule is COc1ccc(CNCC#N)cn1. The van der Waals surface area contributed by atoms with Crippen molar-refractivity contribution in [2.75, 3.05) is 13.7 Å². The van der Waals surface area contributed by atoms with E-state index in [-0.39, 0.29) is 0 Å². The number of hydrogen-bond acceptors (Lipinski definition) is 4. The van der Waals surface area contributed by atoms with Crippen molar-refractivity contribution in [3.8, 4) is 11.9 Å². The van der Waals surface area contributed by atoms with Crippen LogP contribution >= 0.6 is 0 Å². The predicted octanol–water partition coefficient (Wildman–Crippen LogP) is 0.703. The number of aromatic nitrogens is 1. The lowest BCUT2D eigenvalue weighted by Gasteiger charge is -2.01. The molecule has 0 fully saturated rings. The molecule has 68 valence electrons. The van der Waals surface area contributed by atoms with E-state index in [1.54, 1.807) is 19.4 Å². The Morgan fingerprint density at radius 2 is 2.46 bits per heavy atom. The maximum atomic E-state index is 8.28. The van der Waals surface area contributed by atoms with Crippen LogP contribution in [0.3, 0.4) is 0 Å². The molecule has 0 bridgehead atoms. The van der Waals surface area contributed by atoms with E-state index < -0.39 is 0 Å². The van der Waals surface area contributed by atoms with Gasteiger partial charge in [-0.05, 0) is 5.56 Å². The van der Waals surface area contributed by atoms with Gasteiger partial charge in [-0.15, -0.1) is 0 Å². The summed E-state index contributed by atoms with van der Waals surface area (Å²) in [7, 11) is 1.58. The molecule has 4 heteroatoms. The van der Waals surface area contributed by atoms with E-state index in [9.17, 15) is 0 Å². The fourth-order valence-electron chi connectivity index (χ4n) is 0.899. The largest absolute Gasteiger partial charge is 0.481 e. The Hall–Kier alpha value is -1.60. The molecule has 1 N–H and O–H groups in total. The highest BCUT2D eigenvalue weighted by atomic mass is 16.5. The van der Waals surface area contributed by atoms with Crippen molar-refractivity contribution in [2.45, 2.75) is 6.54 Å². The highest BCUT2D eigenvalue weighted by Gasteiger charge is 1.94. The third-order valence-electron chi connectivity index (χ3n) is 1.54. The standard InChI is InChI=1S/C9H11N3O/c1-13-9-3-2-8(7-12-9)6-11-5-4-10/h2-3,7,11H,5-6H2,1H3. The summed E-state index contributed by atoms with van der Waals surface area (Å²) >= 11 is 0. The summed E-state index contributed by atoms with van der Waals surface area (Å²) in [5, 5.41) is 11.2. The molecule has 0 aliphatic rings. The number of pyridine rings is 1. The molecule has 13 heavy (non-hydrogen) atoms. The molecule has 0 aromatic carbocycles. The molecule has 4 nitrogen and oxygen atoms in total. The van der Waals surface area contributed by atoms with Gasteiger partial charge in [-0.3, -0.25) is 0 Å². The zero-order valence-electron chi connectivity index (χ0n) is 7.45. The minimum atomic E-state index is 0.353. The molecule has 0 aliphatic carbocycles. The van der Waals surface area contributed by atoms with Crippen LogP contribution < -0.4 is 10.1 Å². The molecule has 0 saturated carbocycles. The summed E-state index contributed by atoms with van der Waals surface area (Å²) in [4.78, 5) is 4.03. The van der Waals surface area contributed by atoms with E-state index in [4.69, 9.17) is 10.00 Å². The van der Waals surface area contributed by atoms with Gasteiger partial charge in [0.15, 0.2) is 0 Å². The first-order valence-electron chi connectivity index (χ1n) is 3.93. The molecule has 1 aromatic rings. The van der Waals surface area contributed by atoms with Crippen LogP contribution in [0.4, 0.5) is 0 Å². The highest BCUT2D eigenvalue weighted by Crippen LogP contribution is 2.05. The van der Waals surface area contributed by atoms with Crippen molar-refractivity contribution in [3.05, 3.63) is 23.9 Å². The summed E-state index contributed by atoms with van der Waals surface area (Å²) in [5.74, 6) is 0.601. The Bertz CT molecular complexity index is 289. The molecule has 0 unspecified atom stereocenters. The van der Waals surface area contributed by atoms with Gasteiger partial charge in [0, 0.05) is 18.8 Å². The normalized spacial score (nSPS) is 9.23. The first-order chi connectivity index (χ1) is 6.36. The number of methoxy groups -OCH3 is 1. The molecular formula is C9H11N3O. The van der Waals surface area contributed by atoms with E-state index in [0.717, 1.165) is 5.56 Å². The Balaban J connectivity index is 2.45. The monoisotopic (exact) mass is 177 g/mol. The van der Waals surface area contributed by atoms with E-state index in [2.05, 4.69) is 10.3 Å². The van der Waals surface area contributed by atoms with Gasteiger partial charge in [0.1, 0.15) is 0 Å². The summed E-state index contributed by atoms with van der Waals surface area (Å²) in [6, 6.07) is 5.71. The molecule has 0 atom stereocenters. The molecular weight excluding hydrogens is 166 g/mol. The minimum absolute atomic E-state index is 0.353. The van der Waals surface area contributed by atoms with Crippen LogP contribution in [0.5, 0.6) is 5.88 Å². The van der Waals surface area contributed by atoms with Crippen LogP contribution in [0.25, 0.3) is 0 Å². The first-order valence-corrected chi connectivity index (χ1v) is 3.93. The number of nitriles is 1. The van der Waals surface area contributed by atoms with Crippen LogP contribution in [0.2, 0.25) is 0 Å². The molecule has 1 heterocycles. The van der Waals surface area contributed by atoms with Gasteiger partial charge in [-0.25, -0.2) is 4.98 Å². The van der Waals surface area contributed by atoms with Crippen LogP contribution in [-0.4, -0.2) is 18.6 Å². The fourth-order valence-corrected chi connectivity index (χ4v) is 0.899. The lowest BCUT2D eigenvalue weighted by Crippen LogP contribution is -2.12. The van der Waals surface area contributed by atoms with Crippen molar-refractivity contribution in [1.29, 1.82) is 5.26 Å². The second-order valence-corrected chi connectivity index (χ2v) is 2.47. The summed E-state index contributed by atoms with van der Waals surface area (Å²) < 4.78 is 4.91. The van der Waals surface area contributed by atoms with Gasteiger partial charge in [0.05, 0.1) is 19.7 Å². The summed E-state index contributed by atoms with van der Waals surface area (Å²) in [5.41, 5.74) is 1.04. The first kappa shape index (κ1) is 9.49. The predicted molar refractivity (Wildman–Crippen MR) is 48.1 cm³/mol. The lowest BCUT2D eigenvalue weighted by atomic mass is 10.3. The van der Waals surface area contributed by atoms with Crippen molar-refractivity contribution in [2.24, 2.45) is 0 Å². The quantitative estimate of drug-likeness (QED) is 0.543. The van der Waals surface area contributed by atoms with E-state index in [1.807, 2.05) is 12.1 Å². The van der Waals surface area contributed by atoms with E-state index in [1.165, 1.54) is 0 Å². The third-order valence-corrected chi connectivity index (χ3v) is 1.54. The fraction of sp³-hybridized carbons (Fsp3) is 0.333. The zero-order chi connectivity index (χ0) is 9.52. The number of hydrogen-bond donors (Lipinski definition) is 1. The Morgan fingerprint density at radius 1 is 1.62 bits per heavy atom. The maximum absolute atomic E-state index is 8.28. The summed E-state index contributed by atoms with van der Waals surface area (Å²) in [6.45, 7) is 1.01. The molecule has 0 spiro atoms. The van der Waals surface area contributed by atoms with Crippen molar-refractivity contribution in [3.63, 3.8) is 0 Å². The number of rotatable bonds is 4. The molecule has 1 aromatic heterocycles. The second-order valence-electron chi connectivity index (χ2n) is 2.47. The Kier molecular flexibility index (Phi) is 3.74. The molecule has 0 aliphatic heterocycles. The molecule has 0 saturated heterocycles. The number of nitrogens with one attached hydrogen (secondary N) is 1. The van der Waals surface area contributed by atoms with Crippen LogP contribution in [0, 0.1) is 11.3 Å². The summed E-state index contributed by atoms with van der Waals surface area (Å²) in [6.07, 6.45) is 1.73. The smallest absolute Gasteiger partial charge is 0.212 e. The van der Waals surface area contributed by atoms with Gasteiger partial charge in [-0.2, -0.15) is 5.26 Å². The van der Waals surface area contributed by atoms with Crippen molar-refractivity contribution in [1.82, 2.24) is 10.3 Å². The van der Waals surface area contributed by atoms with E-state index >= 15 is 0 Å². The third kappa shape index (κ3) is 3.09. The average Bonchev–Trinajstić information content (AvgIpc) is 2.19. The van der Waals surface area contributed by atoms with Crippen LogP contribution in [-0.2, 0) is 6.54 Å². The van der Waals surface area contributed by atoms with Gasteiger partial charge < -0.3 is 10.1 Å².